The summed E-state index contributed by atoms with van der Waals surface area (Å²) in [5.74, 6) is 1.97. The Balaban J connectivity index is 0.900. The number of carbonyl (C=O) groups excluding carboxylic acids is 2. The number of aromatic amines is 2. The number of aldehydes is 2. The van der Waals surface area contributed by atoms with Gasteiger partial charge in [-0.3, -0.25) is 9.80 Å². The van der Waals surface area contributed by atoms with Crippen LogP contribution in [0.1, 0.15) is 86.2 Å². The first-order valence-corrected chi connectivity index (χ1v) is 20.4. The van der Waals surface area contributed by atoms with E-state index in [4.69, 9.17) is 9.97 Å². The molecule has 4 heterocycles. The average Bonchev–Trinajstić information content (AvgIpc) is 4.10. The smallest absolute Gasteiger partial charge is 0.123 e. The van der Waals surface area contributed by atoms with Crippen molar-refractivity contribution in [2.24, 2.45) is 0 Å². The highest BCUT2D eigenvalue weighted by Gasteiger charge is 2.34. The molecule has 4 aromatic carbocycles. The molecule has 8 heteroatoms. The Morgan fingerprint density at radius 3 is 1.34 bits per heavy atom. The summed E-state index contributed by atoms with van der Waals surface area (Å²) in [7, 11) is 0. The molecule has 56 heavy (non-hydrogen) atoms. The topological polar surface area (TPSA) is 98.0 Å². The fourth-order valence-corrected chi connectivity index (χ4v) is 9.05. The minimum Gasteiger partial charge on any atom is -0.341 e. The zero-order chi connectivity index (χ0) is 38.1. The van der Waals surface area contributed by atoms with Crippen molar-refractivity contribution in [1.29, 1.82) is 0 Å². The number of aromatic nitrogens is 4. The third-order valence-electron chi connectivity index (χ3n) is 12.0. The van der Waals surface area contributed by atoms with Gasteiger partial charge in [-0.25, -0.2) is 9.97 Å². The highest BCUT2D eigenvalue weighted by Crippen LogP contribution is 2.37. The van der Waals surface area contributed by atoms with Gasteiger partial charge >= 0.3 is 0 Å². The van der Waals surface area contributed by atoms with Crippen LogP contribution in [0, 0.1) is 0 Å². The number of nitrogens with one attached hydrogen (secondary N) is 2. The molecule has 2 fully saturated rings. The number of H-pyrrole nitrogens is 2. The molecule has 4 atom stereocenters. The fourth-order valence-electron chi connectivity index (χ4n) is 9.05. The summed E-state index contributed by atoms with van der Waals surface area (Å²) < 4.78 is 0. The van der Waals surface area contributed by atoms with Gasteiger partial charge in [0, 0.05) is 24.9 Å². The van der Waals surface area contributed by atoms with E-state index >= 15 is 0 Å². The van der Waals surface area contributed by atoms with Gasteiger partial charge in [0.25, 0.3) is 0 Å². The quantitative estimate of drug-likeness (QED) is 0.0904. The van der Waals surface area contributed by atoms with Crippen molar-refractivity contribution in [3.05, 3.63) is 144 Å². The number of benzene rings is 4. The summed E-state index contributed by atoms with van der Waals surface area (Å²) in [6.07, 6.45) is 15.3. The lowest BCUT2D eigenvalue weighted by Crippen LogP contribution is -2.36. The van der Waals surface area contributed by atoms with Gasteiger partial charge < -0.3 is 19.6 Å². The number of imidazole rings is 2. The maximum atomic E-state index is 11.7. The van der Waals surface area contributed by atoms with E-state index in [0.717, 1.165) is 122 Å². The van der Waals surface area contributed by atoms with Crippen molar-refractivity contribution < 1.29 is 9.59 Å². The molecule has 8 nitrogen and oxygen atoms in total. The summed E-state index contributed by atoms with van der Waals surface area (Å²) in [6, 6.07) is 39.2. The standard InChI is InChI=1S/C48H52N6O2/c55-31-27-41(25-15-35-9-3-1-4-10-35)53-29-7-13-45(53)47-49-33-43(51-47)39-21-17-37(18-22-39)38-19-23-40(24-20-38)44-34-50-48(52-44)46-14-8-30-54(46)42(28-32-56)26-16-36-11-5-2-6-12-36/h1-6,9-12,17-24,31-34,41-42,45-46H,7-8,13-16,25-30H2,(H,49,51)(H,50,52)/t41-,42-,45+,46+/m1/s1. The Labute approximate surface area is 330 Å². The molecule has 6 aromatic rings. The average molecular weight is 745 g/mol. The number of hydrogen-bond acceptors (Lipinski definition) is 6. The maximum Gasteiger partial charge on any atom is 0.123 e. The number of rotatable bonds is 17. The van der Waals surface area contributed by atoms with Crippen LogP contribution in [0.4, 0.5) is 0 Å². The number of likely N-dealkylation sites (tertiary alicyclic amines) is 2. The van der Waals surface area contributed by atoms with Crippen LogP contribution >= 0.6 is 0 Å². The van der Waals surface area contributed by atoms with E-state index in [1.165, 1.54) is 11.1 Å². The Hall–Kier alpha value is -5.44. The van der Waals surface area contributed by atoms with Gasteiger partial charge in [0.15, 0.2) is 0 Å². The Morgan fingerprint density at radius 1 is 0.554 bits per heavy atom. The van der Waals surface area contributed by atoms with Crippen LogP contribution in [-0.4, -0.2) is 67.5 Å². The van der Waals surface area contributed by atoms with Gasteiger partial charge in [-0.1, -0.05) is 109 Å². The SMILES string of the molecule is O=CC[C@@H](CCc1ccccc1)N1CCC[C@H]1c1ncc(-c2ccc(-c3ccc(-c4cnc([C@@H]5CCCN5[C@@H](CC=O)CCc5ccccc5)[nH]4)cc3)cc2)[nH]1. The molecular weight excluding hydrogens is 693 g/mol. The van der Waals surface area contributed by atoms with E-state index in [-0.39, 0.29) is 24.2 Å². The summed E-state index contributed by atoms with van der Waals surface area (Å²) in [5.41, 5.74) is 9.15. The normalized spacial score (nSPS) is 18.6. The molecule has 2 aromatic heterocycles. The number of hydrogen-bond donors (Lipinski definition) is 2. The van der Waals surface area contributed by atoms with Gasteiger partial charge in [0.05, 0.1) is 35.9 Å². The fraction of sp³-hybridized carbons (Fsp3) is 0.333. The second kappa shape index (κ2) is 18.0. The monoisotopic (exact) mass is 744 g/mol. The lowest BCUT2D eigenvalue weighted by atomic mass is 10.0. The van der Waals surface area contributed by atoms with E-state index in [2.05, 4.69) is 117 Å². The van der Waals surface area contributed by atoms with Crippen molar-refractivity contribution in [2.75, 3.05) is 13.1 Å². The molecule has 0 radical (unpaired) electrons. The molecule has 0 saturated carbocycles. The van der Waals surface area contributed by atoms with Crippen molar-refractivity contribution in [2.45, 2.75) is 88.4 Å². The second-order valence-corrected chi connectivity index (χ2v) is 15.5. The second-order valence-electron chi connectivity index (χ2n) is 15.5. The molecule has 2 aliphatic heterocycles. The Morgan fingerprint density at radius 2 is 0.946 bits per heavy atom. The molecule has 0 spiro atoms. The van der Waals surface area contributed by atoms with Gasteiger partial charge in [-0.2, -0.15) is 0 Å². The van der Waals surface area contributed by atoms with Crippen molar-refractivity contribution >= 4 is 12.6 Å². The molecule has 2 aliphatic rings. The minimum absolute atomic E-state index is 0.189. The summed E-state index contributed by atoms with van der Waals surface area (Å²) in [4.78, 5) is 45.4. The van der Waals surface area contributed by atoms with E-state index in [9.17, 15) is 9.59 Å². The van der Waals surface area contributed by atoms with Crippen LogP contribution < -0.4 is 0 Å². The van der Waals surface area contributed by atoms with Gasteiger partial charge in [-0.15, -0.1) is 0 Å². The van der Waals surface area contributed by atoms with Crippen LogP contribution in [-0.2, 0) is 22.4 Å². The Bertz CT molecular complexity index is 1990. The minimum atomic E-state index is 0.189. The summed E-state index contributed by atoms with van der Waals surface area (Å²) in [6.45, 7) is 1.97. The zero-order valence-electron chi connectivity index (χ0n) is 32.1. The first-order valence-electron chi connectivity index (χ1n) is 20.4. The first kappa shape index (κ1) is 37.5. The summed E-state index contributed by atoms with van der Waals surface area (Å²) in [5, 5.41) is 0. The number of nitrogens with zero attached hydrogens (tertiary/aromatic N) is 4. The Kier molecular flexibility index (Phi) is 12.1. The lowest BCUT2D eigenvalue weighted by molar-refractivity contribution is -0.109. The maximum absolute atomic E-state index is 11.7. The largest absolute Gasteiger partial charge is 0.341 e. The molecule has 286 valence electrons. The molecule has 8 rings (SSSR count). The van der Waals surface area contributed by atoms with Gasteiger partial charge in [-0.05, 0) is 97.8 Å². The third-order valence-corrected chi connectivity index (χ3v) is 12.0. The zero-order valence-corrected chi connectivity index (χ0v) is 32.1. The van der Waals surface area contributed by atoms with Crippen molar-refractivity contribution in [3.63, 3.8) is 0 Å². The molecule has 0 amide bonds. The number of aryl methyl sites for hydroxylation is 2. The van der Waals surface area contributed by atoms with Crippen LogP contribution in [0.5, 0.6) is 0 Å². The van der Waals surface area contributed by atoms with E-state index in [1.807, 2.05) is 24.5 Å². The van der Waals surface area contributed by atoms with E-state index in [0.29, 0.717) is 12.8 Å². The third kappa shape index (κ3) is 8.67. The lowest BCUT2D eigenvalue weighted by Gasteiger charge is -2.31. The van der Waals surface area contributed by atoms with Crippen molar-refractivity contribution in [1.82, 2.24) is 29.7 Å². The molecule has 0 unspecified atom stereocenters. The molecule has 0 bridgehead atoms. The molecule has 0 aliphatic carbocycles. The van der Waals surface area contributed by atoms with Crippen molar-refractivity contribution in [3.8, 4) is 33.6 Å². The van der Waals surface area contributed by atoms with E-state index < -0.39 is 0 Å². The number of carbonyl (C=O) groups is 2. The van der Waals surface area contributed by atoms with Crippen LogP contribution in [0.3, 0.4) is 0 Å². The van der Waals surface area contributed by atoms with Crippen LogP contribution in [0.25, 0.3) is 33.6 Å². The molecular formula is C48H52N6O2. The predicted molar refractivity (Wildman–Crippen MR) is 223 cm³/mol. The molecule has 2 saturated heterocycles. The van der Waals surface area contributed by atoms with E-state index in [1.54, 1.807) is 0 Å². The van der Waals surface area contributed by atoms with Crippen LogP contribution in [0.15, 0.2) is 122 Å². The highest BCUT2D eigenvalue weighted by molar-refractivity contribution is 5.71. The highest BCUT2D eigenvalue weighted by atomic mass is 16.1. The molecule has 2 N–H and O–H groups in total. The van der Waals surface area contributed by atoms with Gasteiger partial charge in [0.1, 0.15) is 24.2 Å². The van der Waals surface area contributed by atoms with Crippen LogP contribution in [0.2, 0.25) is 0 Å². The summed E-state index contributed by atoms with van der Waals surface area (Å²) >= 11 is 0. The predicted octanol–water partition coefficient (Wildman–Crippen LogP) is 9.59. The van der Waals surface area contributed by atoms with Gasteiger partial charge in [0.2, 0.25) is 0 Å². The first-order chi connectivity index (χ1) is 27.7.